The smallest absolute Gasteiger partial charge is 0.387 e. The molecule has 0 saturated heterocycles. The van der Waals surface area contributed by atoms with Crippen molar-refractivity contribution in [3.8, 4) is 17.2 Å². The first-order valence-electron chi connectivity index (χ1n) is 4.08. The van der Waals surface area contributed by atoms with Crippen molar-refractivity contribution in [1.82, 2.24) is 10.2 Å². The molecule has 0 radical (unpaired) electrons. The maximum atomic E-state index is 12.1. The summed E-state index contributed by atoms with van der Waals surface area (Å²) in [7, 11) is 0. The molecular weight excluding hydrogens is 206 g/mol. The van der Waals surface area contributed by atoms with Crippen LogP contribution in [-0.4, -0.2) is 16.8 Å². The maximum Gasteiger partial charge on any atom is 0.387 e. The van der Waals surface area contributed by atoms with E-state index in [1.807, 2.05) is 0 Å². The minimum atomic E-state index is -2.88. The van der Waals surface area contributed by atoms with E-state index in [-0.39, 0.29) is 11.6 Å². The Morgan fingerprint density at radius 3 is 2.73 bits per heavy atom. The first-order chi connectivity index (χ1) is 7.27. The number of alkyl halides is 2. The Kier molecular flexibility index (Phi) is 2.57. The molecule has 78 valence electrons. The second-order valence-electron chi connectivity index (χ2n) is 2.62. The number of hydrogen-bond donors (Lipinski definition) is 0. The van der Waals surface area contributed by atoms with Gasteiger partial charge in [-0.1, -0.05) is 12.1 Å². The van der Waals surface area contributed by atoms with Crippen LogP contribution in [0.4, 0.5) is 8.78 Å². The molecule has 0 amide bonds. The first-order valence-corrected chi connectivity index (χ1v) is 4.08. The summed E-state index contributed by atoms with van der Waals surface area (Å²) in [5, 5.41) is 7.07. The van der Waals surface area contributed by atoms with Crippen LogP contribution in [0.3, 0.4) is 0 Å². The highest BCUT2D eigenvalue weighted by atomic mass is 19.3. The third-order valence-corrected chi connectivity index (χ3v) is 1.69. The predicted molar refractivity (Wildman–Crippen MR) is 46.4 cm³/mol. The van der Waals surface area contributed by atoms with Crippen LogP contribution >= 0.6 is 0 Å². The summed E-state index contributed by atoms with van der Waals surface area (Å²) in [5.74, 6) is 0.156. The van der Waals surface area contributed by atoms with Crippen LogP contribution < -0.4 is 4.74 Å². The Hall–Kier alpha value is -1.98. The Bertz CT molecular complexity index is 431. The minimum absolute atomic E-state index is 0.0109. The second-order valence-corrected chi connectivity index (χ2v) is 2.62. The lowest BCUT2D eigenvalue weighted by atomic mass is 10.2. The monoisotopic (exact) mass is 212 g/mol. The van der Waals surface area contributed by atoms with Crippen molar-refractivity contribution in [3.63, 3.8) is 0 Å². The van der Waals surface area contributed by atoms with Gasteiger partial charge in [-0.25, -0.2) is 0 Å². The Balaban J connectivity index is 2.38. The highest BCUT2D eigenvalue weighted by molar-refractivity contribution is 5.61. The number of hydrogen-bond acceptors (Lipinski definition) is 4. The zero-order valence-electron chi connectivity index (χ0n) is 7.43. The molecule has 2 rings (SSSR count). The number of aromatic nitrogens is 2. The summed E-state index contributed by atoms with van der Waals surface area (Å²) in [6, 6.07) is 6.21. The number of para-hydroxylation sites is 1. The van der Waals surface area contributed by atoms with Gasteiger partial charge in [0.2, 0.25) is 6.39 Å². The van der Waals surface area contributed by atoms with Gasteiger partial charge in [0.05, 0.1) is 5.56 Å². The van der Waals surface area contributed by atoms with E-state index in [1.54, 1.807) is 18.2 Å². The van der Waals surface area contributed by atoms with Gasteiger partial charge in [0, 0.05) is 0 Å². The SMILES string of the molecule is FC(F)Oc1ccccc1-c1nnco1. The molecular formula is C9H6F2N2O2. The fraction of sp³-hybridized carbons (Fsp3) is 0.111. The lowest BCUT2D eigenvalue weighted by molar-refractivity contribution is -0.0495. The first kappa shape index (κ1) is 9.57. The summed E-state index contributed by atoms with van der Waals surface area (Å²) in [5.41, 5.74) is 0.343. The molecule has 0 aliphatic heterocycles. The van der Waals surface area contributed by atoms with Crippen LogP contribution in [-0.2, 0) is 0 Å². The van der Waals surface area contributed by atoms with Crippen molar-refractivity contribution in [2.24, 2.45) is 0 Å². The summed E-state index contributed by atoms with van der Waals surface area (Å²) >= 11 is 0. The number of ether oxygens (including phenoxy) is 1. The average molecular weight is 212 g/mol. The van der Waals surface area contributed by atoms with Gasteiger partial charge < -0.3 is 9.15 Å². The van der Waals surface area contributed by atoms with Crippen LogP contribution in [0.15, 0.2) is 35.1 Å². The average Bonchev–Trinajstić information content (AvgIpc) is 2.70. The molecule has 0 aliphatic rings. The Morgan fingerprint density at radius 2 is 2.07 bits per heavy atom. The van der Waals surface area contributed by atoms with Gasteiger partial charge in [-0.2, -0.15) is 8.78 Å². The normalized spacial score (nSPS) is 10.6. The molecule has 0 saturated carbocycles. The molecule has 6 heteroatoms. The van der Waals surface area contributed by atoms with E-state index < -0.39 is 6.61 Å². The van der Waals surface area contributed by atoms with Crippen molar-refractivity contribution in [2.75, 3.05) is 0 Å². The molecule has 0 unspecified atom stereocenters. The maximum absolute atomic E-state index is 12.1. The largest absolute Gasteiger partial charge is 0.434 e. The van der Waals surface area contributed by atoms with Gasteiger partial charge >= 0.3 is 6.61 Å². The van der Waals surface area contributed by atoms with Crippen molar-refractivity contribution < 1.29 is 17.9 Å². The summed E-state index contributed by atoms with van der Waals surface area (Å²) < 4.78 is 33.3. The molecule has 0 fully saturated rings. The third kappa shape index (κ3) is 2.09. The second kappa shape index (κ2) is 4.04. The summed E-state index contributed by atoms with van der Waals surface area (Å²) in [6.45, 7) is -2.88. The molecule has 2 aromatic rings. The standard InChI is InChI=1S/C9H6F2N2O2/c10-9(11)15-7-4-2-1-3-6(7)8-13-12-5-14-8/h1-5,9H. The van der Waals surface area contributed by atoms with E-state index in [1.165, 1.54) is 6.07 Å². The van der Waals surface area contributed by atoms with Crippen LogP contribution in [0.2, 0.25) is 0 Å². The van der Waals surface area contributed by atoms with Gasteiger partial charge in [0.25, 0.3) is 5.89 Å². The Labute approximate surface area is 83.5 Å². The van der Waals surface area contributed by atoms with Gasteiger partial charge in [-0.3, -0.25) is 0 Å². The van der Waals surface area contributed by atoms with Crippen LogP contribution in [0.1, 0.15) is 0 Å². The van der Waals surface area contributed by atoms with E-state index in [0.717, 1.165) is 6.39 Å². The highest BCUT2D eigenvalue weighted by Gasteiger charge is 2.13. The predicted octanol–water partition coefficient (Wildman–Crippen LogP) is 2.34. The van der Waals surface area contributed by atoms with Crippen molar-refractivity contribution in [1.29, 1.82) is 0 Å². The molecule has 15 heavy (non-hydrogen) atoms. The zero-order valence-corrected chi connectivity index (χ0v) is 7.43. The van der Waals surface area contributed by atoms with E-state index in [4.69, 9.17) is 4.42 Å². The van der Waals surface area contributed by atoms with Crippen LogP contribution in [0.5, 0.6) is 5.75 Å². The molecule has 4 nitrogen and oxygen atoms in total. The summed E-state index contributed by atoms with van der Waals surface area (Å²) in [6.07, 6.45) is 1.12. The number of halogens is 2. The zero-order chi connectivity index (χ0) is 10.7. The summed E-state index contributed by atoms with van der Waals surface area (Å²) in [4.78, 5) is 0. The topological polar surface area (TPSA) is 48.2 Å². The van der Waals surface area contributed by atoms with E-state index in [2.05, 4.69) is 14.9 Å². The van der Waals surface area contributed by atoms with Crippen molar-refractivity contribution in [3.05, 3.63) is 30.7 Å². The van der Waals surface area contributed by atoms with Crippen molar-refractivity contribution >= 4 is 0 Å². The molecule has 1 aromatic carbocycles. The lowest BCUT2D eigenvalue weighted by Gasteiger charge is -2.06. The van der Waals surface area contributed by atoms with Crippen molar-refractivity contribution in [2.45, 2.75) is 6.61 Å². The third-order valence-electron chi connectivity index (χ3n) is 1.69. The van der Waals surface area contributed by atoms with Gasteiger partial charge in [0.15, 0.2) is 0 Å². The molecule has 1 aromatic heterocycles. The highest BCUT2D eigenvalue weighted by Crippen LogP contribution is 2.28. The van der Waals surface area contributed by atoms with Gasteiger partial charge in [0.1, 0.15) is 5.75 Å². The van der Waals surface area contributed by atoms with Gasteiger partial charge in [-0.05, 0) is 12.1 Å². The molecule has 1 heterocycles. The van der Waals surface area contributed by atoms with E-state index in [9.17, 15) is 8.78 Å². The van der Waals surface area contributed by atoms with E-state index >= 15 is 0 Å². The molecule has 0 bridgehead atoms. The van der Waals surface area contributed by atoms with Crippen LogP contribution in [0.25, 0.3) is 11.5 Å². The molecule has 0 N–H and O–H groups in total. The molecule has 0 spiro atoms. The molecule has 0 atom stereocenters. The lowest BCUT2D eigenvalue weighted by Crippen LogP contribution is -2.03. The quantitative estimate of drug-likeness (QED) is 0.783. The number of rotatable bonds is 3. The molecule has 0 aliphatic carbocycles. The number of nitrogens with zero attached hydrogens (tertiary/aromatic N) is 2. The minimum Gasteiger partial charge on any atom is -0.434 e. The van der Waals surface area contributed by atoms with Crippen LogP contribution in [0, 0.1) is 0 Å². The van der Waals surface area contributed by atoms with E-state index in [0.29, 0.717) is 5.56 Å². The van der Waals surface area contributed by atoms with Gasteiger partial charge in [-0.15, -0.1) is 10.2 Å². The fourth-order valence-corrected chi connectivity index (χ4v) is 1.13. The number of benzene rings is 1. The Morgan fingerprint density at radius 1 is 1.27 bits per heavy atom. The fourth-order valence-electron chi connectivity index (χ4n) is 1.13.